The molecule has 0 spiro atoms. The number of carbonyl (C=O) groups excluding carboxylic acids is 2. The highest BCUT2D eigenvalue weighted by Gasteiger charge is 2.44. The number of hydrogen-bond acceptors (Lipinski definition) is 5. The summed E-state index contributed by atoms with van der Waals surface area (Å²) < 4.78 is 16.6. The Morgan fingerprint density at radius 3 is 2.63 bits per heavy atom. The van der Waals surface area contributed by atoms with Crippen molar-refractivity contribution in [3.63, 3.8) is 0 Å². The van der Waals surface area contributed by atoms with Crippen molar-refractivity contribution in [2.45, 2.75) is 51.6 Å². The van der Waals surface area contributed by atoms with Crippen molar-refractivity contribution in [1.82, 2.24) is 10.2 Å². The maximum atomic E-state index is 12.2. The normalized spacial score (nSPS) is 24.4. The van der Waals surface area contributed by atoms with Crippen LogP contribution in [0.25, 0.3) is 0 Å². The van der Waals surface area contributed by atoms with Crippen molar-refractivity contribution in [2.75, 3.05) is 19.6 Å². The van der Waals surface area contributed by atoms with Gasteiger partial charge < -0.3 is 24.4 Å². The summed E-state index contributed by atoms with van der Waals surface area (Å²) in [7, 11) is 0. The molecule has 2 amide bonds. The van der Waals surface area contributed by atoms with Crippen molar-refractivity contribution >= 4 is 12.2 Å². The highest BCUT2D eigenvalue weighted by Crippen LogP contribution is 2.33. The number of nitrogens with one attached hydrogen (secondary N) is 1. The molecule has 0 bridgehead atoms. The summed E-state index contributed by atoms with van der Waals surface area (Å²) in [5, 5.41) is 2.76. The first kappa shape index (κ1) is 19.5. The van der Waals surface area contributed by atoms with Gasteiger partial charge in [0.05, 0.1) is 18.8 Å². The first-order chi connectivity index (χ1) is 12.8. The van der Waals surface area contributed by atoms with E-state index in [0.29, 0.717) is 19.6 Å². The summed E-state index contributed by atoms with van der Waals surface area (Å²) in [4.78, 5) is 25.7. The second-order valence-electron chi connectivity index (χ2n) is 8.12. The molecular formula is C20H28N2O5. The highest BCUT2D eigenvalue weighted by molar-refractivity contribution is 5.68. The summed E-state index contributed by atoms with van der Waals surface area (Å²) >= 11 is 0. The van der Waals surface area contributed by atoms with Gasteiger partial charge >= 0.3 is 12.2 Å². The number of hydrogen-bond donors (Lipinski definition) is 1. The number of amides is 2. The molecule has 3 atom stereocenters. The van der Waals surface area contributed by atoms with Gasteiger partial charge in [0.15, 0.2) is 0 Å². The molecule has 7 nitrogen and oxygen atoms in total. The van der Waals surface area contributed by atoms with Crippen LogP contribution in [0.3, 0.4) is 0 Å². The lowest BCUT2D eigenvalue weighted by atomic mass is 10.0. The van der Waals surface area contributed by atoms with Crippen LogP contribution in [0.5, 0.6) is 0 Å². The maximum absolute atomic E-state index is 12.2. The molecule has 3 rings (SSSR count). The summed E-state index contributed by atoms with van der Waals surface area (Å²) in [6, 6.07) is 9.54. The van der Waals surface area contributed by atoms with Crippen LogP contribution in [0.2, 0.25) is 0 Å². The minimum atomic E-state index is -0.498. The largest absolute Gasteiger partial charge is 0.445 e. The predicted molar refractivity (Wildman–Crippen MR) is 99.2 cm³/mol. The summed E-state index contributed by atoms with van der Waals surface area (Å²) in [5.41, 5.74) is 0.448. The summed E-state index contributed by atoms with van der Waals surface area (Å²) in [6.45, 7) is 7.40. The molecule has 2 aliphatic heterocycles. The topological polar surface area (TPSA) is 77.1 Å². The van der Waals surface area contributed by atoms with Gasteiger partial charge in [-0.1, -0.05) is 30.3 Å². The molecule has 0 aliphatic carbocycles. The molecule has 2 heterocycles. The standard InChI is InChI=1S/C20H28N2O5/c1-20(2,3)27-19(24)22-11-15-9-16(26-17(15)12-22)10-21-18(23)25-13-14-7-5-4-6-8-14/h4-8,15-17H,9-13H2,1-3H3,(H,21,23). The van der Waals surface area contributed by atoms with Crippen LogP contribution in [0.15, 0.2) is 30.3 Å². The molecule has 1 aromatic carbocycles. The van der Waals surface area contributed by atoms with E-state index < -0.39 is 11.7 Å². The zero-order valence-electron chi connectivity index (χ0n) is 16.1. The Labute approximate surface area is 160 Å². The lowest BCUT2D eigenvalue weighted by Crippen LogP contribution is -2.38. The van der Waals surface area contributed by atoms with Gasteiger partial charge in [-0.05, 0) is 32.8 Å². The zero-order chi connectivity index (χ0) is 19.4. The van der Waals surface area contributed by atoms with Gasteiger partial charge in [-0.3, -0.25) is 0 Å². The van der Waals surface area contributed by atoms with Gasteiger partial charge in [0, 0.05) is 19.0 Å². The van der Waals surface area contributed by atoms with E-state index in [4.69, 9.17) is 14.2 Å². The molecule has 148 valence electrons. The number of ether oxygens (including phenoxy) is 3. The third kappa shape index (κ3) is 5.60. The monoisotopic (exact) mass is 376 g/mol. The fourth-order valence-electron chi connectivity index (χ4n) is 3.44. The molecule has 3 unspecified atom stereocenters. The van der Waals surface area contributed by atoms with Crippen LogP contribution < -0.4 is 5.32 Å². The van der Waals surface area contributed by atoms with Gasteiger partial charge in [0.2, 0.25) is 0 Å². The number of rotatable bonds is 4. The lowest BCUT2D eigenvalue weighted by molar-refractivity contribution is 0.0135. The Morgan fingerprint density at radius 1 is 1.22 bits per heavy atom. The Kier molecular flexibility index (Phi) is 5.89. The van der Waals surface area contributed by atoms with E-state index in [9.17, 15) is 9.59 Å². The molecular weight excluding hydrogens is 348 g/mol. The second-order valence-corrected chi connectivity index (χ2v) is 8.12. The first-order valence-electron chi connectivity index (χ1n) is 9.38. The molecule has 1 N–H and O–H groups in total. The Balaban J connectivity index is 1.36. The SMILES string of the molecule is CC(C)(C)OC(=O)N1CC2CC(CNC(=O)OCc3ccccc3)OC2C1. The molecule has 0 saturated carbocycles. The average molecular weight is 376 g/mol. The number of fused-ring (bicyclic) bond motifs is 1. The molecule has 27 heavy (non-hydrogen) atoms. The van der Waals surface area contributed by atoms with E-state index >= 15 is 0 Å². The summed E-state index contributed by atoms with van der Waals surface area (Å²) in [6.07, 6.45) is 0.0208. The van der Waals surface area contributed by atoms with Gasteiger partial charge in [-0.15, -0.1) is 0 Å². The minimum Gasteiger partial charge on any atom is -0.445 e. The van der Waals surface area contributed by atoms with Crippen LogP contribution in [-0.4, -0.2) is 54.5 Å². The van der Waals surface area contributed by atoms with Crippen molar-refractivity contribution < 1.29 is 23.8 Å². The Morgan fingerprint density at radius 2 is 1.96 bits per heavy atom. The third-order valence-corrected chi connectivity index (χ3v) is 4.65. The lowest BCUT2D eigenvalue weighted by Gasteiger charge is -2.25. The highest BCUT2D eigenvalue weighted by atomic mass is 16.6. The number of carbonyl (C=O) groups is 2. The van der Waals surface area contributed by atoms with Crippen molar-refractivity contribution in [3.8, 4) is 0 Å². The number of likely N-dealkylation sites (tertiary alicyclic amines) is 1. The third-order valence-electron chi connectivity index (χ3n) is 4.65. The van der Waals surface area contributed by atoms with E-state index in [-0.39, 0.29) is 30.8 Å². The average Bonchev–Trinajstić information content (AvgIpc) is 3.16. The van der Waals surface area contributed by atoms with E-state index in [2.05, 4.69) is 5.32 Å². The van der Waals surface area contributed by atoms with E-state index in [1.807, 2.05) is 51.1 Å². The fraction of sp³-hybridized carbons (Fsp3) is 0.600. The number of benzene rings is 1. The van der Waals surface area contributed by atoms with Crippen molar-refractivity contribution in [3.05, 3.63) is 35.9 Å². The molecule has 2 fully saturated rings. The van der Waals surface area contributed by atoms with Crippen LogP contribution in [-0.2, 0) is 20.8 Å². The van der Waals surface area contributed by atoms with E-state index in [0.717, 1.165) is 12.0 Å². The zero-order valence-corrected chi connectivity index (χ0v) is 16.1. The van der Waals surface area contributed by atoms with Crippen LogP contribution in [0.1, 0.15) is 32.8 Å². The van der Waals surface area contributed by atoms with Gasteiger partial charge in [0.1, 0.15) is 12.2 Å². The van der Waals surface area contributed by atoms with Gasteiger partial charge in [-0.25, -0.2) is 9.59 Å². The smallest absolute Gasteiger partial charge is 0.410 e. The molecule has 2 aliphatic rings. The first-order valence-corrected chi connectivity index (χ1v) is 9.38. The second kappa shape index (κ2) is 8.17. The van der Waals surface area contributed by atoms with Gasteiger partial charge in [-0.2, -0.15) is 0 Å². The van der Waals surface area contributed by atoms with Crippen molar-refractivity contribution in [2.24, 2.45) is 5.92 Å². The Hall–Kier alpha value is -2.28. The fourth-order valence-corrected chi connectivity index (χ4v) is 3.44. The van der Waals surface area contributed by atoms with E-state index in [1.165, 1.54) is 0 Å². The molecule has 0 radical (unpaired) electrons. The molecule has 7 heteroatoms. The predicted octanol–water partition coefficient (Wildman–Crippen LogP) is 2.94. The van der Waals surface area contributed by atoms with Crippen LogP contribution in [0, 0.1) is 5.92 Å². The molecule has 1 aromatic rings. The summed E-state index contributed by atoms with van der Waals surface area (Å²) in [5.74, 6) is 0.282. The maximum Gasteiger partial charge on any atom is 0.410 e. The van der Waals surface area contributed by atoms with Crippen LogP contribution >= 0.6 is 0 Å². The number of nitrogens with zero attached hydrogens (tertiary/aromatic N) is 1. The van der Waals surface area contributed by atoms with Crippen molar-refractivity contribution in [1.29, 1.82) is 0 Å². The Bertz CT molecular complexity index is 644. The quantitative estimate of drug-likeness (QED) is 0.874. The van der Waals surface area contributed by atoms with E-state index in [1.54, 1.807) is 4.90 Å². The molecule has 2 saturated heterocycles. The number of alkyl carbamates (subject to hydrolysis) is 1. The minimum absolute atomic E-state index is 0.00431. The van der Waals surface area contributed by atoms with Gasteiger partial charge in [0.25, 0.3) is 0 Å². The van der Waals surface area contributed by atoms with Crippen LogP contribution in [0.4, 0.5) is 9.59 Å². The molecule has 0 aromatic heterocycles.